The number of aromatic nitrogens is 2. The summed E-state index contributed by atoms with van der Waals surface area (Å²) in [6.07, 6.45) is 6.64. The largest absolute Gasteiger partial charge is 0.398 e. The van der Waals surface area contributed by atoms with Gasteiger partial charge in [0.15, 0.2) is 0 Å². The smallest absolute Gasteiger partial charge is 0.0967 e. The number of nitrogens with zero attached hydrogens (tertiary/aromatic N) is 2. The van der Waals surface area contributed by atoms with Gasteiger partial charge in [-0.2, -0.15) is 0 Å². The Kier molecular flexibility index (Phi) is 8.63. The first kappa shape index (κ1) is 22.9. The van der Waals surface area contributed by atoms with Gasteiger partial charge in [0.25, 0.3) is 0 Å². The summed E-state index contributed by atoms with van der Waals surface area (Å²) in [5.41, 5.74) is 12.1. The molecule has 0 unspecified atom stereocenters. The minimum atomic E-state index is 0. The van der Waals surface area contributed by atoms with Crippen LogP contribution in [0.5, 0.6) is 0 Å². The van der Waals surface area contributed by atoms with E-state index in [-0.39, 0.29) is 17.1 Å². The molecule has 29 heavy (non-hydrogen) atoms. The number of hydrogen-bond acceptors (Lipinski definition) is 3. The van der Waals surface area contributed by atoms with Gasteiger partial charge >= 0.3 is 0 Å². The first-order valence-electron chi connectivity index (χ1n) is 10.0. The molecule has 0 aliphatic carbocycles. The molecule has 0 radical (unpaired) electrons. The number of benzene rings is 2. The number of rotatable bonds is 4. The van der Waals surface area contributed by atoms with E-state index in [4.69, 9.17) is 10.7 Å². The molecule has 4 rings (SSSR count). The van der Waals surface area contributed by atoms with Gasteiger partial charge in [0.05, 0.1) is 11.0 Å². The van der Waals surface area contributed by atoms with Crippen molar-refractivity contribution in [3.63, 3.8) is 0 Å². The zero-order valence-corrected chi connectivity index (χ0v) is 18.5. The fourth-order valence-electron chi connectivity index (χ4n) is 3.29. The van der Waals surface area contributed by atoms with Gasteiger partial charge in [-0.15, -0.1) is 0 Å². The maximum atomic E-state index is 5.68. The van der Waals surface area contributed by atoms with E-state index >= 15 is 0 Å². The molecule has 0 spiro atoms. The Morgan fingerprint density at radius 2 is 1.45 bits per heavy atom. The van der Waals surface area contributed by atoms with Crippen molar-refractivity contribution >= 4 is 27.5 Å². The number of aryl methyl sites for hydroxylation is 3. The van der Waals surface area contributed by atoms with Crippen LogP contribution in [0.1, 0.15) is 43.0 Å². The first-order chi connectivity index (χ1) is 13.6. The van der Waals surface area contributed by atoms with Crippen LogP contribution in [0, 0.1) is 13.8 Å². The maximum Gasteiger partial charge on any atom is 0.0967 e. The molecular formula is C25H29FeN3. The van der Waals surface area contributed by atoms with Crippen molar-refractivity contribution in [2.75, 3.05) is 5.73 Å². The predicted molar refractivity (Wildman–Crippen MR) is 121 cm³/mol. The van der Waals surface area contributed by atoms with E-state index in [1.165, 1.54) is 30.3 Å². The molecule has 3 nitrogen and oxygen atoms in total. The first-order valence-corrected chi connectivity index (χ1v) is 10.0. The molecule has 2 N–H and O–H groups in total. The topological polar surface area (TPSA) is 51.8 Å². The Labute approximate surface area is 184 Å². The molecule has 0 atom stereocenters. The molecule has 4 heteroatoms. The minimum Gasteiger partial charge on any atom is -0.398 e. The summed E-state index contributed by atoms with van der Waals surface area (Å²) in [6, 6.07) is 18.7. The van der Waals surface area contributed by atoms with Crippen LogP contribution in [0.25, 0.3) is 21.8 Å². The summed E-state index contributed by atoms with van der Waals surface area (Å²) < 4.78 is 0. The third kappa shape index (κ3) is 5.79. The Morgan fingerprint density at radius 3 is 2.10 bits per heavy atom. The third-order valence-corrected chi connectivity index (χ3v) is 5.07. The number of unbranched alkanes of at least 4 members (excludes halogenated alkanes) is 2. The SMILES string of the molecule is CCCCCc1ccc2ccc3cccnc3c2n1.Cc1cccc(C)c1N.[Fe]. The molecule has 4 aromatic rings. The average molecular weight is 427 g/mol. The van der Waals surface area contributed by atoms with Crippen LogP contribution in [0.3, 0.4) is 0 Å². The number of hydrogen-bond donors (Lipinski definition) is 1. The van der Waals surface area contributed by atoms with E-state index in [2.05, 4.69) is 42.2 Å². The van der Waals surface area contributed by atoms with Crippen LogP contribution < -0.4 is 5.73 Å². The van der Waals surface area contributed by atoms with Crippen LogP contribution in [-0.4, -0.2) is 9.97 Å². The molecule has 0 bridgehead atoms. The van der Waals surface area contributed by atoms with Gasteiger partial charge in [-0.1, -0.05) is 62.2 Å². The quantitative estimate of drug-likeness (QED) is 0.177. The zero-order chi connectivity index (χ0) is 19.9. The molecule has 2 heterocycles. The Bertz CT molecular complexity index is 1060. The summed E-state index contributed by atoms with van der Waals surface area (Å²) in [7, 11) is 0. The summed E-state index contributed by atoms with van der Waals surface area (Å²) in [5, 5.41) is 2.33. The van der Waals surface area contributed by atoms with Crippen LogP contribution in [-0.2, 0) is 23.5 Å². The van der Waals surface area contributed by atoms with Gasteiger partial charge in [0.1, 0.15) is 0 Å². The Morgan fingerprint density at radius 1 is 0.793 bits per heavy atom. The van der Waals surface area contributed by atoms with E-state index in [1.54, 1.807) is 0 Å². The van der Waals surface area contributed by atoms with Crippen molar-refractivity contribution in [2.45, 2.75) is 46.5 Å². The van der Waals surface area contributed by atoms with Crippen molar-refractivity contribution in [2.24, 2.45) is 0 Å². The number of nitrogens with two attached hydrogens (primary N) is 1. The van der Waals surface area contributed by atoms with Crippen LogP contribution in [0.15, 0.2) is 60.8 Å². The molecule has 0 saturated heterocycles. The molecule has 0 fully saturated rings. The van der Waals surface area contributed by atoms with E-state index in [0.29, 0.717) is 0 Å². The number of pyridine rings is 2. The standard InChI is InChI=1S/C17H18N2.C8H11N.Fe/c1-2-3-4-7-15-11-10-14-9-8-13-6-5-12-18-16(13)17(14)19-15;1-6-4-3-5-7(2)8(6)9;/h5-6,8-12H,2-4,7H2,1H3;3-5H,9H2,1-2H3;. The fraction of sp³-hybridized carbons (Fsp3) is 0.280. The van der Waals surface area contributed by atoms with Crippen molar-refractivity contribution in [3.05, 3.63) is 77.6 Å². The van der Waals surface area contributed by atoms with E-state index < -0.39 is 0 Å². The predicted octanol–water partition coefficient (Wildman–Crippen LogP) is 6.40. The van der Waals surface area contributed by atoms with Gasteiger partial charge in [0, 0.05) is 45.4 Å². The van der Waals surface area contributed by atoms with Crippen molar-refractivity contribution < 1.29 is 17.1 Å². The van der Waals surface area contributed by atoms with Crippen molar-refractivity contribution in [3.8, 4) is 0 Å². The minimum absolute atomic E-state index is 0. The van der Waals surface area contributed by atoms with Gasteiger partial charge in [0.2, 0.25) is 0 Å². The summed E-state index contributed by atoms with van der Waals surface area (Å²) in [6.45, 7) is 6.26. The second kappa shape index (κ2) is 10.9. The average Bonchev–Trinajstić information content (AvgIpc) is 2.72. The molecule has 0 aliphatic heterocycles. The van der Waals surface area contributed by atoms with Crippen LogP contribution >= 0.6 is 0 Å². The van der Waals surface area contributed by atoms with Crippen LogP contribution in [0.2, 0.25) is 0 Å². The van der Waals surface area contributed by atoms with E-state index in [1.807, 2.05) is 44.3 Å². The van der Waals surface area contributed by atoms with E-state index in [0.717, 1.165) is 39.7 Å². The molecular weight excluding hydrogens is 398 g/mol. The summed E-state index contributed by atoms with van der Waals surface area (Å²) in [4.78, 5) is 9.30. The summed E-state index contributed by atoms with van der Waals surface area (Å²) in [5.74, 6) is 0. The molecule has 0 aliphatic rings. The normalized spacial score (nSPS) is 10.3. The van der Waals surface area contributed by atoms with Gasteiger partial charge < -0.3 is 5.73 Å². The molecule has 152 valence electrons. The number of fused-ring (bicyclic) bond motifs is 3. The Balaban J connectivity index is 0.000000255. The summed E-state index contributed by atoms with van der Waals surface area (Å²) >= 11 is 0. The monoisotopic (exact) mass is 427 g/mol. The second-order valence-corrected chi connectivity index (χ2v) is 7.28. The molecule has 0 saturated carbocycles. The fourth-order valence-corrected chi connectivity index (χ4v) is 3.29. The number of nitrogen functional groups attached to an aromatic ring is 1. The molecule has 2 aromatic heterocycles. The zero-order valence-electron chi connectivity index (χ0n) is 17.4. The van der Waals surface area contributed by atoms with Crippen LogP contribution in [0.4, 0.5) is 5.69 Å². The molecule has 0 amide bonds. The van der Waals surface area contributed by atoms with E-state index in [9.17, 15) is 0 Å². The number of para-hydroxylation sites is 1. The molecule has 2 aromatic carbocycles. The maximum absolute atomic E-state index is 5.68. The van der Waals surface area contributed by atoms with Gasteiger partial charge in [-0.25, -0.2) is 0 Å². The Hall–Kier alpha value is -2.42. The number of anilines is 1. The second-order valence-electron chi connectivity index (χ2n) is 7.28. The van der Waals surface area contributed by atoms with Crippen molar-refractivity contribution in [1.29, 1.82) is 0 Å². The van der Waals surface area contributed by atoms with Gasteiger partial charge in [-0.05, 0) is 49.9 Å². The van der Waals surface area contributed by atoms with Crippen molar-refractivity contribution in [1.82, 2.24) is 9.97 Å². The van der Waals surface area contributed by atoms with Gasteiger partial charge in [-0.3, -0.25) is 9.97 Å². The third-order valence-electron chi connectivity index (χ3n) is 5.07.